The van der Waals surface area contributed by atoms with E-state index in [2.05, 4.69) is 28.4 Å². The van der Waals surface area contributed by atoms with E-state index >= 15 is 0 Å². The quantitative estimate of drug-likeness (QED) is 0.812. The van der Waals surface area contributed by atoms with E-state index in [0.717, 1.165) is 18.7 Å². The number of anilines is 1. The van der Waals surface area contributed by atoms with Crippen LogP contribution in [0.3, 0.4) is 0 Å². The van der Waals surface area contributed by atoms with Crippen LogP contribution in [0.25, 0.3) is 0 Å². The van der Waals surface area contributed by atoms with Gasteiger partial charge in [0.25, 0.3) is 5.56 Å². The second-order valence-corrected chi connectivity index (χ2v) is 6.07. The Kier molecular flexibility index (Phi) is 3.11. The Morgan fingerprint density at radius 3 is 3.11 bits per heavy atom. The number of rotatable bonds is 1. The lowest BCUT2D eigenvalue weighted by Gasteiger charge is -2.35. The molecule has 2 aromatic rings. The van der Waals surface area contributed by atoms with Crippen molar-refractivity contribution in [3.63, 3.8) is 0 Å². The van der Waals surface area contributed by atoms with Gasteiger partial charge in [-0.15, -0.1) is 11.3 Å². The van der Waals surface area contributed by atoms with Gasteiger partial charge in [-0.05, 0) is 30.4 Å². The van der Waals surface area contributed by atoms with Crippen LogP contribution in [0.1, 0.15) is 23.4 Å². The molecule has 1 atom stereocenters. The van der Waals surface area contributed by atoms with Gasteiger partial charge in [-0.3, -0.25) is 4.79 Å². The van der Waals surface area contributed by atoms with Crippen molar-refractivity contribution < 1.29 is 0 Å². The predicted molar refractivity (Wildman–Crippen MR) is 78.3 cm³/mol. The lowest BCUT2D eigenvalue weighted by atomic mass is 10.0. The summed E-state index contributed by atoms with van der Waals surface area (Å²) in [4.78, 5) is 15.5. The van der Waals surface area contributed by atoms with Gasteiger partial charge in [0.2, 0.25) is 0 Å². The van der Waals surface area contributed by atoms with Crippen LogP contribution in [-0.2, 0) is 13.5 Å². The van der Waals surface area contributed by atoms with Crippen LogP contribution in [0, 0.1) is 0 Å². The fourth-order valence-corrected chi connectivity index (χ4v) is 3.78. The minimum absolute atomic E-state index is 0.224. The van der Waals surface area contributed by atoms with Crippen LogP contribution in [-0.4, -0.2) is 16.3 Å². The first kappa shape index (κ1) is 12.7. The summed E-state index contributed by atoms with van der Waals surface area (Å²) in [5.41, 5.74) is 1.81. The van der Waals surface area contributed by atoms with Gasteiger partial charge < -0.3 is 4.90 Å². The van der Waals surface area contributed by atoms with E-state index in [9.17, 15) is 4.79 Å². The molecule has 0 radical (unpaired) electrons. The number of nitrogens with zero attached hydrogens (tertiary/aromatic N) is 3. The maximum absolute atomic E-state index is 11.9. The second-order valence-electron chi connectivity index (χ2n) is 4.69. The monoisotopic (exact) mass is 295 g/mol. The number of fused-ring (bicyclic) bond motifs is 1. The number of halogens is 1. The molecule has 0 saturated carbocycles. The third kappa shape index (κ3) is 1.97. The van der Waals surface area contributed by atoms with Crippen molar-refractivity contribution in [1.29, 1.82) is 0 Å². The molecule has 1 aliphatic rings. The van der Waals surface area contributed by atoms with E-state index in [4.69, 9.17) is 11.6 Å². The molecule has 3 rings (SSSR count). The summed E-state index contributed by atoms with van der Waals surface area (Å²) in [6.45, 7) is 3.00. The summed E-state index contributed by atoms with van der Waals surface area (Å²) in [7, 11) is 1.61. The van der Waals surface area contributed by atoms with Crippen molar-refractivity contribution in [2.24, 2.45) is 7.05 Å². The average Bonchev–Trinajstić information content (AvgIpc) is 2.87. The van der Waals surface area contributed by atoms with Gasteiger partial charge in [0.05, 0.1) is 17.9 Å². The van der Waals surface area contributed by atoms with Crippen molar-refractivity contribution >= 4 is 28.6 Å². The first-order valence-corrected chi connectivity index (χ1v) is 7.40. The lowest BCUT2D eigenvalue weighted by Crippen LogP contribution is -2.35. The maximum atomic E-state index is 11.9. The first-order chi connectivity index (χ1) is 9.09. The standard InChI is InChI=1S/C13H14ClN3OS/c1-8-9-4-6-19-11(9)3-5-17(8)10-7-15-16(2)13(18)12(10)14/h4,6-8H,3,5H2,1-2H3. The van der Waals surface area contributed by atoms with E-state index in [0.29, 0.717) is 0 Å². The van der Waals surface area contributed by atoms with Crippen molar-refractivity contribution in [2.45, 2.75) is 19.4 Å². The summed E-state index contributed by atoms with van der Waals surface area (Å²) >= 11 is 7.98. The Hall–Kier alpha value is -1.33. The van der Waals surface area contributed by atoms with Gasteiger partial charge in [-0.2, -0.15) is 5.10 Å². The second kappa shape index (κ2) is 4.65. The predicted octanol–water partition coefficient (Wildman–Crippen LogP) is 2.62. The average molecular weight is 296 g/mol. The Morgan fingerprint density at radius 1 is 1.53 bits per heavy atom. The van der Waals surface area contributed by atoms with Gasteiger partial charge in [-0.1, -0.05) is 11.6 Å². The normalized spacial score (nSPS) is 18.5. The van der Waals surface area contributed by atoms with E-state index in [1.54, 1.807) is 24.6 Å². The molecular weight excluding hydrogens is 282 g/mol. The van der Waals surface area contributed by atoms with Crippen molar-refractivity contribution in [3.05, 3.63) is 43.5 Å². The number of hydrogen-bond donors (Lipinski definition) is 0. The van der Waals surface area contributed by atoms with Crippen molar-refractivity contribution in [3.8, 4) is 0 Å². The zero-order valence-electron chi connectivity index (χ0n) is 10.8. The van der Waals surface area contributed by atoms with E-state index in [1.165, 1.54) is 15.1 Å². The number of thiophene rings is 1. The Bertz CT molecular complexity index is 679. The largest absolute Gasteiger partial charge is 0.362 e. The molecule has 0 amide bonds. The Balaban J connectivity index is 2.05. The van der Waals surface area contributed by atoms with Crippen LogP contribution < -0.4 is 10.5 Å². The zero-order valence-corrected chi connectivity index (χ0v) is 12.3. The molecule has 0 bridgehead atoms. The smallest absolute Gasteiger partial charge is 0.287 e. The highest BCUT2D eigenvalue weighted by molar-refractivity contribution is 7.10. The molecule has 0 aromatic carbocycles. The molecule has 0 N–H and O–H groups in total. The fourth-order valence-electron chi connectivity index (χ4n) is 2.54. The molecule has 4 nitrogen and oxygen atoms in total. The topological polar surface area (TPSA) is 38.1 Å². The number of aromatic nitrogens is 2. The highest BCUT2D eigenvalue weighted by atomic mass is 35.5. The van der Waals surface area contributed by atoms with Crippen LogP contribution >= 0.6 is 22.9 Å². The molecule has 19 heavy (non-hydrogen) atoms. The van der Waals surface area contributed by atoms with E-state index in [1.807, 2.05) is 0 Å². The van der Waals surface area contributed by atoms with Crippen molar-refractivity contribution in [1.82, 2.24) is 9.78 Å². The molecule has 0 aliphatic carbocycles. The summed E-state index contributed by atoms with van der Waals surface area (Å²) in [6.07, 6.45) is 2.67. The maximum Gasteiger partial charge on any atom is 0.287 e. The molecule has 0 fully saturated rings. The van der Waals surface area contributed by atoms with Crippen LogP contribution in [0.15, 0.2) is 22.4 Å². The minimum atomic E-state index is -0.248. The number of hydrogen-bond acceptors (Lipinski definition) is 4. The summed E-state index contributed by atoms with van der Waals surface area (Å²) < 4.78 is 1.26. The van der Waals surface area contributed by atoms with Gasteiger partial charge >= 0.3 is 0 Å². The Labute approximate surface area is 120 Å². The van der Waals surface area contributed by atoms with Crippen LogP contribution in [0.4, 0.5) is 5.69 Å². The van der Waals surface area contributed by atoms with Crippen LogP contribution in [0.2, 0.25) is 5.02 Å². The van der Waals surface area contributed by atoms with Gasteiger partial charge in [-0.25, -0.2) is 4.68 Å². The molecule has 0 spiro atoms. The number of aryl methyl sites for hydroxylation is 1. The highest BCUT2D eigenvalue weighted by Gasteiger charge is 2.27. The first-order valence-electron chi connectivity index (χ1n) is 6.14. The van der Waals surface area contributed by atoms with E-state index < -0.39 is 0 Å². The van der Waals surface area contributed by atoms with Gasteiger partial charge in [0, 0.05) is 18.5 Å². The summed E-state index contributed by atoms with van der Waals surface area (Å²) in [6, 6.07) is 2.38. The third-order valence-electron chi connectivity index (χ3n) is 3.65. The molecule has 6 heteroatoms. The molecule has 3 heterocycles. The minimum Gasteiger partial charge on any atom is -0.362 e. The van der Waals surface area contributed by atoms with Crippen LogP contribution in [0.5, 0.6) is 0 Å². The Morgan fingerprint density at radius 2 is 2.32 bits per heavy atom. The molecule has 1 unspecified atom stereocenters. The third-order valence-corrected chi connectivity index (χ3v) is 5.00. The highest BCUT2D eigenvalue weighted by Crippen LogP contribution is 2.37. The van der Waals surface area contributed by atoms with E-state index in [-0.39, 0.29) is 16.6 Å². The van der Waals surface area contributed by atoms with Gasteiger partial charge in [0.1, 0.15) is 5.02 Å². The fraction of sp³-hybridized carbons (Fsp3) is 0.385. The molecule has 100 valence electrons. The summed E-state index contributed by atoms with van der Waals surface area (Å²) in [5, 5.41) is 6.45. The molecule has 2 aromatic heterocycles. The van der Waals surface area contributed by atoms with Gasteiger partial charge in [0.15, 0.2) is 0 Å². The summed E-state index contributed by atoms with van der Waals surface area (Å²) in [5.74, 6) is 0. The zero-order chi connectivity index (χ0) is 13.6. The lowest BCUT2D eigenvalue weighted by molar-refractivity contribution is 0.622. The SMILES string of the molecule is CC1c2ccsc2CCN1c1cnn(C)c(=O)c1Cl. The molecular formula is C13H14ClN3OS. The molecule has 0 saturated heterocycles. The van der Waals surface area contributed by atoms with Crippen molar-refractivity contribution in [2.75, 3.05) is 11.4 Å². The molecule has 1 aliphatic heterocycles.